The van der Waals surface area contributed by atoms with Crippen molar-refractivity contribution in [1.29, 1.82) is 0 Å². The molecule has 0 saturated heterocycles. The predicted octanol–water partition coefficient (Wildman–Crippen LogP) is 7.63. The van der Waals surface area contributed by atoms with Gasteiger partial charge in [0.2, 0.25) is 5.89 Å². The van der Waals surface area contributed by atoms with Crippen molar-refractivity contribution in [2.45, 2.75) is 6.61 Å². The summed E-state index contributed by atoms with van der Waals surface area (Å²) in [4.78, 5) is 17.3. The predicted molar refractivity (Wildman–Crippen MR) is 135 cm³/mol. The number of halogens is 2. The van der Waals surface area contributed by atoms with E-state index in [-0.39, 0.29) is 5.91 Å². The summed E-state index contributed by atoms with van der Waals surface area (Å²) in [7, 11) is 0. The molecule has 34 heavy (non-hydrogen) atoms. The van der Waals surface area contributed by atoms with Gasteiger partial charge in [0, 0.05) is 16.1 Å². The number of rotatable bonds is 6. The van der Waals surface area contributed by atoms with Gasteiger partial charge in [0.05, 0.1) is 10.7 Å². The lowest BCUT2D eigenvalue weighted by atomic mass is 10.1. The number of aromatic nitrogens is 1. The van der Waals surface area contributed by atoms with Crippen LogP contribution < -0.4 is 10.1 Å². The average molecular weight is 489 g/mol. The molecule has 0 spiro atoms. The Kier molecular flexibility index (Phi) is 6.21. The second-order valence-electron chi connectivity index (χ2n) is 7.58. The molecule has 5 aromatic rings. The van der Waals surface area contributed by atoms with Crippen LogP contribution in [-0.2, 0) is 6.61 Å². The maximum atomic E-state index is 12.8. The lowest BCUT2D eigenvalue weighted by molar-refractivity contribution is 0.102. The zero-order valence-corrected chi connectivity index (χ0v) is 19.3. The van der Waals surface area contributed by atoms with Crippen LogP contribution in [0, 0.1) is 0 Å². The Morgan fingerprint density at radius 3 is 2.50 bits per heavy atom. The van der Waals surface area contributed by atoms with Gasteiger partial charge in [0.25, 0.3) is 5.91 Å². The van der Waals surface area contributed by atoms with Crippen molar-refractivity contribution in [3.8, 4) is 17.2 Å². The Balaban J connectivity index is 1.30. The molecule has 0 radical (unpaired) electrons. The number of carbonyl (C=O) groups is 1. The van der Waals surface area contributed by atoms with E-state index >= 15 is 0 Å². The standard InChI is InChI=1S/C27H18Cl2N2O3/c28-20-9-13-25-24(15-20)31-27(34-25)19-8-12-22(29)23(14-19)30-26(32)18-6-10-21(11-7-18)33-16-17-4-2-1-3-5-17/h1-15H,16H2,(H,30,32). The Morgan fingerprint density at radius 1 is 0.912 bits per heavy atom. The first kappa shape index (κ1) is 22.0. The number of nitrogens with one attached hydrogen (secondary N) is 1. The molecule has 0 fully saturated rings. The van der Waals surface area contributed by atoms with Gasteiger partial charge >= 0.3 is 0 Å². The summed E-state index contributed by atoms with van der Waals surface area (Å²) in [6, 6.07) is 27.3. The summed E-state index contributed by atoms with van der Waals surface area (Å²) in [6.07, 6.45) is 0. The second-order valence-corrected chi connectivity index (χ2v) is 8.42. The van der Waals surface area contributed by atoms with Crippen molar-refractivity contribution in [2.75, 3.05) is 5.32 Å². The van der Waals surface area contributed by atoms with E-state index in [0.717, 1.165) is 5.56 Å². The molecule has 0 atom stereocenters. The smallest absolute Gasteiger partial charge is 0.255 e. The number of hydrogen-bond donors (Lipinski definition) is 1. The van der Waals surface area contributed by atoms with Crippen molar-refractivity contribution in [3.05, 3.63) is 112 Å². The van der Waals surface area contributed by atoms with Gasteiger partial charge in [-0.2, -0.15) is 0 Å². The van der Waals surface area contributed by atoms with Crippen LogP contribution in [0.5, 0.6) is 5.75 Å². The Hall–Kier alpha value is -3.80. The highest BCUT2D eigenvalue weighted by Crippen LogP contribution is 2.31. The van der Waals surface area contributed by atoms with Crippen molar-refractivity contribution < 1.29 is 13.9 Å². The van der Waals surface area contributed by atoms with Gasteiger partial charge < -0.3 is 14.5 Å². The summed E-state index contributed by atoms with van der Waals surface area (Å²) in [5.41, 5.74) is 3.95. The third-order valence-corrected chi connectivity index (χ3v) is 5.74. The summed E-state index contributed by atoms with van der Waals surface area (Å²) in [5.74, 6) is 0.791. The van der Waals surface area contributed by atoms with E-state index in [4.69, 9.17) is 32.4 Å². The van der Waals surface area contributed by atoms with Crippen LogP contribution in [0.15, 0.2) is 95.4 Å². The molecule has 0 saturated carbocycles. The van der Waals surface area contributed by atoms with Crippen molar-refractivity contribution in [3.63, 3.8) is 0 Å². The van der Waals surface area contributed by atoms with E-state index in [2.05, 4.69) is 10.3 Å². The van der Waals surface area contributed by atoms with Gasteiger partial charge in [-0.1, -0.05) is 53.5 Å². The molecule has 168 valence electrons. The van der Waals surface area contributed by atoms with E-state index in [1.165, 1.54) is 0 Å². The largest absolute Gasteiger partial charge is 0.489 e. The lowest BCUT2D eigenvalue weighted by Gasteiger charge is -2.10. The minimum absolute atomic E-state index is 0.294. The highest BCUT2D eigenvalue weighted by molar-refractivity contribution is 6.34. The van der Waals surface area contributed by atoms with E-state index in [1.54, 1.807) is 60.7 Å². The lowest BCUT2D eigenvalue weighted by Crippen LogP contribution is -2.12. The average Bonchev–Trinajstić information content (AvgIpc) is 3.28. The zero-order chi connectivity index (χ0) is 23.5. The van der Waals surface area contributed by atoms with Gasteiger partial charge in [0.1, 0.15) is 17.9 Å². The second kappa shape index (κ2) is 9.59. The maximum Gasteiger partial charge on any atom is 0.255 e. The summed E-state index contributed by atoms with van der Waals surface area (Å²) >= 11 is 12.4. The Labute approximate surface area is 205 Å². The molecular weight excluding hydrogens is 471 g/mol. The molecule has 1 N–H and O–H groups in total. The molecule has 5 rings (SSSR count). The maximum absolute atomic E-state index is 12.8. The van der Waals surface area contributed by atoms with Crippen LogP contribution in [0.25, 0.3) is 22.6 Å². The van der Waals surface area contributed by atoms with Crippen LogP contribution in [0.2, 0.25) is 10.0 Å². The number of hydrogen-bond acceptors (Lipinski definition) is 4. The minimum Gasteiger partial charge on any atom is -0.489 e. The summed E-state index contributed by atoms with van der Waals surface area (Å²) in [6.45, 7) is 0.455. The number of fused-ring (bicyclic) bond motifs is 1. The molecule has 1 amide bonds. The van der Waals surface area contributed by atoms with Crippen LogP contribution in [0.1, 0.15) is 15.9 Å². The van der Waals surface area contributed by atoms with Crippen LogP contribution in [0.4, 0.5) is 5.69 Å². The fourth-order valence-electron chi connectivity index (χ4n) is 3.42. The molecular formula is C27H18Cl2N2O3. The molecule has 0 aliphatic carbocycles. The number of oxazole rings is 1. The van der Waals surface area contributed by atoms with E-state index in [1.807, 2.05) is 30.3 Å². The molecule has 5 nitrogen and oxygen atoms in total. The van der Waals surface area contributed by atoms with Crippen molar-refractivity contribution in [1.82, 2.24) is 4.98 Å². The topological polar surface area (TPSA) is 64.4 Å². The molecule has 1 aromatic heterocycles. The first-order chi connectivity index (χ1) is 16.5. The third-order valence-electron chi connectivity index (χ3n) is 5.18. The van der Waals surface area contributed by atoms with Gasteiger partial charge in [-0.05, 0) is 66.2 Å². The van der Waals surface area contributed by atoms with Crippen LogP contribution in [0.3, 0.4) is 0 Å². The quantitative estimate of drug-likeness (QED) is 0.266. The first-order valence-corrected chi connectivity index (χ1v) is 11.2. The minimum atomic E-state index is -0.294. The number of amides is 1. The van der Waals surface area contributed by atoms with E-state index in [9.17, 15) is 4.79 Å². The molecule has 0 bridgehead atoms. The molecule has 0 unspecified atom stereocenters. The van der Waals surface area contributed by atoms with E-state index in [0.29, 0.717) is 56.2 Å². The first-order valence-electron chi connectivity index (χ1n) is 10.5. The normalized spacial score (nSPS) is 10.9. The Bertz CT molecular complexity index is 1470. The van der Waals surface area contributed by atoms with Crippen LogP contribution >= 0.6 is 23.2 Å². The highest BCUT2D eigenvalue weighted by atomic mass is 35.5. The van der Waals surface area contributed by atoms with E-state index < -0.39 is 0 Å². The number of anilines is 1. The molecule has 4 aromatic carbocycles. The van der Waals surface area contributed by atoms with Crippen LogP contribution in [-0.4, -0.2) is 10.9 Å². The number of ether oxygens (including phenoxy) is 1. The Morgan fingerprint density at radius 2 is 1.71 bits per heavy atom. The number of benzene rings is 4. The van der Waals surface area contributed by atoms with Gasteiger partial charge in [-0.3, -0.25) is 4.79 Å². The molecule has 0 aliphatic heterocycles. The monoisotopic (exact) mass is 488 g/mol. The van der Waals surface area contributed by atoms with Gasteiger partial charge in [-0.25, -0.2) is 4.98 Å². The number of carbonyl (C=O) groups excluding carboxylic acids is 1. The third kappa shape index (κ3) is 4.91. The fraction of sp³-hybridized carbons (Fsp3) is 0.0370. The SMILES string of the molecule is O=C(Nc1cc(-c2nc3cc(Cl)ccc3o2)ccc1Cl)c1ccc(OCc2ccccc2)cc1. The molecule has 0 aliphatic rings. The van der Waals surface area contributed by atoms with Crippen molar-refractivity contribution >= 4 is 45.9 Å². The van der Waals surface area contributed by atoms with Gasteiger partial charge in [0.15, 0.2) is 5.58 Å². The molecule has 7 heteroatoms. The zero-order valence-electron chi connectivity index (χ0n) is 17.8. The fourth-order valence-corrected chi connectivity index (χ4v) is 3.75. The van der Waals surface area contributed by atoms with Gasteiger partial charge in [-0.15, -0.1) is 0 Å². The molecule has 1 heterocycles. The summed E-state index contributed by atoms with van der Waals surface area (Å²) < 4.78 is 11.6. The highest BCUT2D eigenvalue weighted by Gasteiger charge is 2.14. The number of nitrogens with zero attached hydrogens (tertiary/aromatic N) is 1. The van der Waals surface area contributed by atoms with Crippen molar-refractivity contribution in [2.24, 2.45) is 0 Å². The summed E-state index contributed by atoms with van der Waals surface area (Å²) in [5, 5.41) is 3.83.